The first-order chi connectivity index (χ1) is 22.9. The first-order valence-corrected chi connectivity index (χ1v) is 20.0. The molecule has 0 unspecified atom stereocenters. The van der Waals surface area contributed by atoms with Crippen molar-refractivity contribution < 1.29 is 29.0 Å². The first-order valence-electron chi connectivity index (χ1n) is 20.0. The molecule has 0 spiro atoms. The van der Waals surface area contributed by atoms with E-state index < -0.39 is 12.2 Å². The van der Waals surface area contributed by atoms with Gasteiger partial charge in [-0.3, -0.25) is 0 Å². The molecular weight excluding hydrogens is 592 g/mol. The maximum Gasteiger partial charge on any atom is 0.419 e. The summed E-state index contributed by atoms with van der Waals surface area (Å²) in [6.45, 7) is 10.6. The standard InChI is InChI=1S/C20H39NO4.C19H39NO2/c1-3-5-7-9-10-11-12-13-14-16-18-25-20(24)21(19(22)23)17-15-8-6-4-2;1-3-5-7-9-10-11-12-13-14-16-18-22-19(21)20-17-15-8-6-4-2/h3-18H2,1-2H3,(H,22,23);3-18H2,1-2H3,(H,20,21). The summed E-state index contributed by atoms with van der Waals surface area (Å²) in [7, 11) is 0. The summed E-state index contributed by atoms with van der Waals surface area (Å²) in [6.07, 6.45) is 31.5. The van der Waals surface area contributed by atoms with E-state index in [1.165, 1.54) is 122 Å². The van der Waals surface area contributed by atoms with Gasteiger partial charge in [-0.2, -0.15) is 0 Å². The molecule has 0 saturated carbocycles. The molecule has 0 aromatic heterocycles. The molecule has 0 aromatic carbocycles. The van der Waals surface area contributed by atoms with Gasteiger partial charge in [-0.1, -0.05) is 182 Å². The van der Waals surface area contributed by atoms with Gasteiger partial charge in [-0.15, -0.1) is 0 Å². The highest BCUT2D eigenvalue weighted by Crippen LogP contribution is 2.12. The Bertz CT molecular complexity index is 676. The van der Waals surface area contributed by atoms with Crippen molar-refractivity contribution in [1.82, 2.24) is 10.2 Å². The zero-order valence-electron chi connectivity index (χ0n) is 31.6. The number of carbonyl (C=O) groups excluding carboxylic acids is 2. The topological polar surface area (TPSA) is 105 Å². The quantitative estimate of drug-likeness (QED) is 0.0690. The zero-order valence-corrected chi connectivity index (χ0v) is 31.6. The molecule has 0 atom stereocenters. The highest BCUT2D eigenvalue weighted by atomic mass is 16.6. The Morgan fingerprint density at radius 1 is 0.468 bits per heavy atom. The molecule has 0 radical (unpaired) electrons. The van der Waals surface area contributed by atoms with Crippen molar-refractivity contribution in [2.75, 3.05) is 26.3 Å². The van der Waals surface area contributed by atoms with E-state index in [0.29, 0.717) is 19.6 Å². The summed E-state index contributed by atoms with van der Waals surface area (Å²) in [6, 6.07) is 0. The zero-order chi connectivity index (χ0) is 35.1. The van der Waals surface area contributed by atoms with Gasteiger partial charge < -0.3 is 19.9 Å². The normalized spacial score (nSPS) is 10.6. The summed E-state index contributed by atoms with van der Waals surface area (Å²) in [5.74, 6) is 0. The third-order valence-electron chi connectivity index (χ3n) is 8.44. The van der Waals surface area contributed by atoms with Crippen LogP contribution in [0.1, 0.15) is 207 Å². The van der Waals surface area contributed by atoms with Crippen LogP contribution in [-0.2, 0) is 9.47 Å². The predicted molar refractivity (Wildman–Crippen MR) is 197 cm³/mol. The van der Waals surface area contributed by atoms with E-state index in [0.717, 1.165) is 62.8 Å². The average Bonchev–Trinajstić information content (AvgIpc) is 3.06. The minimum atomic E-state index is -1.22. The Morgan fingerprint density at radius 2 is 0.809 bits per heavy atom. The molecule has 0 aliphatic carbocycles. The van der Waals surface area contributed by atoms with Gasteiger partial charge in [0.15, 0.2) is 0 Å². The van der Waals surface area contributed by atoms with Crippen molar-refractivity contribution in [2.45, 2.75) is 207 Å². The maximum atomic E-state index is 11.8. The third-order valence-corrected chi connectivity index (χ3v) is 8.44. The number of alkyl carbamates (subject to hydrolysis) is 1. The minimum Gasteiger partial charge on any atom is -0.465 e. The van der Waals surface area contributed by atoms with Gasteiger partial charge in [0.1, 0.15) is 0 Å². The first kappa shape index (κ1) is 47.1. The Balaban J connectivity index is 0. The predicted octanol–water partition coefficient (Wildman–Crippen LogP) is 12.8. The van der Waals surface area contributed by atoms with Crippen LogP contribution in [0, 0.1) is 0 Å². The number of hydrogen-bond acceptors (Lipinski definition) is 5. The van der Waals surface area contributed by atoms with Crippen molar-refractivity contribution in [1.29, 1.82) is 0 Å². The van der Waals surface area contributed by atoms with Crippen molar-refractivity contribution >= 4 is 18.3 Å². The minimum absolute atomic E-state index is 0.228. The summed E-state index contributed by atoms with van der Waals surface area (Å²) in [5, 5.41) is 11.9. The van der Waals surface area contributed by atoms with E-state index in [1.54, 1.807) is 0 Å². The smallest absolute Gasteiger partial charge is 0.419 e. The number of rotatable bonds is 32. The van der Waals surface area contributed by atoms with E-state index >= 15 is 0 Å². The molecule has 2 N–H and O–H groups in total. The van der Waals surface area contributed by atoms with Crippen molar-refractivity contribution in [3.63, 3.8) is 0 Å². The van der Waals surface area contributed by atoms with E-state index in [2.05, 4.69) is 33.0 Å². The Morgan fingerprint density at radius 3 is 1.21 bits per heavy atom. The summed E-state index contributed by atoms with van der Waals surface area (Å²) in [5.41, 5.74) is 0. The Kier molecular flexibility index (Phi) is 40.3. The fraction of sp³-hybridized carbons (Fsp3) is 0.923. The molecule has 0 bridgehead atoms. The molecule has 0 fully saturated rings. The van der Waals surface area contributed by atoms with E-state index in [4.69, 9.17) is 14.6 Å². The van der Waals surface area contributed by atoms with Crippen LogP contribution in [0.5, 0.6) is 0 Å². The molecule has 8 heteroatoms. The van der Waals surface area contributed by atoms with Gasteiger partial charge in [-0.25, -0.2) is 19.3 Å². The second-order valence-corrected chi connectivity index (χ2v) is 13.1. The lowest BCUT2D eigenvalue weighted by Crippen LogP contribution is -2.37. The van der Waals surface area contributed by atoms with Gasteiger partial charge >= 0.3 is 18.3 Å². The summed E-state index contributed by atoms with van der Waals surface area (Å²) >= 11 is 0. The number of unbranched alkanes of at least 4 members (excludes halogenated alkanes) is 24. The van der Waals surface area contributed by atoms with Crippen molar-refractivity contribution in [2.24, 2.45) is 0 Å². The lowest BCUT2D eigenvalue weighted by molar-refractivity contribution is 0.0924. The molecule has 0 heterocycles. The van der Waals surface area contributed by atoms with Gasteiger partial charge in [0.05, 0.1) is 13.2 Å². The Labute approximate surface area is 290 Å². The fourth-order valence-corrected chi connectivity index (χ4v) is 5.34. The Hall–Kier alpha value is -1.99. The van der Waals surface area contributed by atoms with E-state index in [9.17, 15) is 14.4 Å². The number of amides is 3. The number of carboxylic acid groups (broad SMARTS) is 1. The van der Waals surface area contributed by atoms with Crippen LogP contribution in [0.25, 0.3) is 0 Å². The van der Waals surface area contributed by atoms with Crippen LogP contribution >= 0.6 is 0 Å². The molecular formula is C39H78N2O6. The largest absolute Gasteiger partial charge is 0.465 e. The van der Waals surface area contributed by atoms with Crippen LogP contribution in [-0.4, -0.2) is 54.6 Å². The van der Waals surface area contributed by atoms with Crippen LogP contribution < -0.4 is 5.32 Å². The summed E-state index contributed by atoms with van der Waals surface area (Å²) < 4.78 is 10.3. The average molecular weight is 671 g/mol. The second kappa shape index (κ2) is 40.2. The van der Waals surface area contributed by atoms with Gasteiger partial charge in [-0.05, 0) is 25.7 Å². The maximum absolute atomic E-state index is 11.8. The van der Waals surface area contributed by atoms with E-state index in [-0.39, 0.29) is 12.6 Å². The molecule has 0 rings (SSSR count). The molecule has 47 heavy (non-hydrogen) atoms. The van der Waals surface area contributed by atoms with Crippen LogP contribution in [0.3, 0.4) is 0 Å². The molecule has 0 aliphatic rings. The number of imide groups is 1. The third kappa shape index (κ3) is 38.3. The van der Waals surface area contributed by atoms with E-state index in [1.807, 2.05) is 0 Å². The molecule has 0 aromatic rings. The van der Waals surface area contributed by atoms with Crippen molar-refractivity contribution in [3.8, 4) is 0 Å². The molecule has 3 amide bonds. The van der Waals surface area contributed by atoms with Crippen LogP contribution in [0.2, 0.25) is 0 Å². The van der Waals surface area contributed by atoms with Crippen molar-refractivity contribution in [3.05, 3.63) is 0 Å². The van der Waals surface area contributed by atoms with Gasteiger partial charge in [0.2, 0.25) is 0 Å². The lowest BCUT2D eigenvalue weighted by Gasteiger charge is -2.16. The number of nitrogens with one attached hydrogen (secondary N) is 1. The van der Waals surface area contributed by atoms with Gasteiger partial charge in [0.25, 0.3) is 0 Å². The number of nitrogens with zero attached hydrogens (tertiary/aromatic N) is 1. The number of hydrogen-bond donors (Lipinski definition) is 2. The molecule has 0 aliphatic heterocycles. The SMILES string of the molecule is CCCCCCCCCCCCOC(=O)N(CCCCCC)C(=O)O.CCCCCCCCCCCCOC(=O)NCCCCCC. The number of carbonyl (C=O) groups is 3. The van der Waals surface area contributed by atoms with Crippen LogP contribution in [0.4, 0.5) is 14.4 Å². The molecule has 8 nitrogen and oxygen atoms in total. The summed E-state index contributed by atoms with van der Waals surface area (Å²) in [4.78, 5) is 35.2. The fourth-order valence-electron chi connectivity index (χ4n) is 5.34. The molecule has 280 valence electrons. The monoisotopic (exact) mass is 671 g/mol. The van der Waals surface area contributed by atoms with Gasteiger partial charge in [0, 0.05) is 13.1 Å². The van der Waals surface area contributed by atoms with Crippen LogP contribution in [0.15, 0.2) is 0 Å². The highest BCUT2D eigenvalue weighted by molar-refractivity contribution is 5.86. The molecule has 0 saturated heterocycles. The highest BCUT2D eigenvalue weighted by Gasteiger charge is 2.21. The number of ether oxygens (including phenoxy) is 2. The second-order valence-electron chi connectivity index (χ2n) is 13.1. The lowest BCUT2D eigenvalue weighted by atomic mass is 10.1.